The molecule has 1 unspecified atom stereocenters. The minimum Gasteiger partial charge on any atom is -0.316 e. The van der Waals surface area contributed by atoms with Gasteiger partial charge in [-0.15, -0.1) is 0 Å². The van der Waals surface area contributed by atoms with Crippen LogP contribution in [0.15, 0.2) is 0 Å². The number of halogens is 2. The Morgan fingerprint density at radius 2 is 2.08 bits per heavy atom. The summed E-state index contributed by atoms with van der Waals surface area (Å²) in [7, 11) is 1.77. The molecule has 76 valence electrons. The molecule has 0 radical (unpaired) electrons. The Hall–Kier alpha value is -0.220. The minimum absolute atomic E-state index is 0.0747. The highest BCUT2D eigenvalue weighted by Gasteiger charge is 2.56. The van der Waals surface area contributed by atoms with Crippen LogP contribution in [0.4, 0.5) is 8.78 Å². The fraction of sp³-hybridized carbons (Fsp3) is 1.00. The lowest BCUT2D eigenvalue weighted by Crippen LogP contribution is -2.55. The molecule has 0 aromatic carbocycles. The van der Waals surface area contributed by atoms with Crippen LogP contribution in [0.5, 0.6) is 0 Å². The van der Waals surface area contributed by atoms with Gasteiger partial charge in [-0.3, -0.25) is 0 Å². The number of alkyl halides is 2. The molecule has 0 bridgehead atoms. The molecule has 13 heavy (non-hydrogen) atoms. The molecule has 1 spiro atoms. The van der Waals surface area contributed by atoms with Crippen molar-refractivity contribution in [2.24, 2.45) is 5.41 Å². The molecular formula is C9H16F2N2. The zero-order chi connectivity index (χ0) is 9.53. The van der Waals surface area contributed by atoms with Gasteiger partial charge in [0.1, 0.15) is 0 Å². The smallest absolute Gasteiger partial charge is 0.267 e. The maximum atomic E-state index is 13.7. The monoisotopic (exact) mass is 190 g/mol. The highest BCUT2D eigenvalue weighted by Crippen LogP contribution is 2.47. The first kappa shape index (κ1) is 9.34. The second-order valence-corrected chi connectivity index (χ2v) is 4.40. The molecule has 2 aliphatic heterocycles. The second-order valence-electron chi connectivity index (χ2n) is 4.40. The van der Waals surface area contributed by atoms with Crippen LogP contribution in [0.2, 0.25) is 0 Å². The van der Waals surface area contributed by atoms with E-state index in [-0.39, 0.29) is 6.54 Å². The molecule has 2 fully saturated rings. The SMILES string of the molecule is CN1CCC2(CCNC2)C(F)(F)C1. The normalized spacial score (nSPS) is 39.9. The summed E-state index contributed by atoms with van der Waals surface area (Å²) in [5.74, 6) is -2.51. The Labute approximate surface area is 77.3 Å². The predicted octanol–water partition coefficient (Wildman–Crippen LogP) is 0.937. The average molecular weight is 190 g/mol. The van der Waals surface area contributed by atoms with E-state index in [0.29, 0.717) is 19.4 Å². The van der Waals surface area contributed by atoms with E-state index in [4.69, 9.17) is 0 Å². The number of hydrogen-bond donors (Lipinski definition) is 1. The third-order valence-corrected chi connectivity index (χ3v) is 3.46. The van der Waals surface area contributed by atoms with Crippen molar-refractivity contribution in [2.45, 2.75) is 18.8 Å². The van der Waals surface area contributed by atoms with Gasteiger partial charge in [0.05, 0.1) is 12.0 Å². The molecule has 2 rings (SSSR count). The molecule has 0 amide bonds. The molecule has 1 atom stereocenters. The Morgan fingerprint density at radius 3 is 2.62 bits per heavy atom. The lowest BCUT2D eigenvalue weighted by molar-refractivity contribution is -0.156. The van der Waals surface area contributed by atoms with Gasteiger partial charge >= 0.3 is 0 Å². The van der Waals surface area contributed by atoms with Gasteiger partial charge < -0.3 is 10.2 Å². The maximum Gasteiger partial charge on any atom is 0.267 e. The van der Waals surface area contributed by atoms with Crippen molar-refractivity contribution >= 4 is 0 Å². The van der Waals surface area contributed by atoms with Gasteiger partial charge in [0.15, 0.2) is 0 Å². The van der Waals surface area contributed by atoms with Gasteiger partial charge in [0, 0.05) is 6.54 Å². The van der Waals surface area contributed by atoms with Crippen LogP contribution in [-0.4, -0.2) is 44.0 Å². The van der Waals surface area contributed by atoms with Crippen LogP contribution >= 0.6 is 0 Å². The Kier molecular flexibility index (Phi) is 2.07. The first-order chi connectivity index (χ1) is 6.06. The first-order valence-corrected chi connectivity index (χ1v) is 4.83. The molecule has 0 saturated carbocycles. The van der Waals surface area contributed by atoms with Gasteiger partial charge in [-0.25, -0.2) is 8.78 Å². The highest BCUT2D eigenvalue weighted by atomic mass is 19.3. The summed E-state index contributed by atoms with van der Waals surface area (Å²) in [5, 5.41) is 3.05. The zero-order valence-corrected chi connectivity index (χ0v) is 7.95. The van der Waals surface area contributed by atoms with Crippen molar-refractivity contribution in [1.29, 1.82) is 0 Å². The number of rotatable bonds is 0. The molecule has 0 aromatic rings. The van der Waals surface area contributed by atoms with E-state index in [9.17, 15) is 8.78 Å². The largest absolute Gasteiger partial charge is 0.316 e. The molecule has 2 aliphatic rings. The van der Waals surface area contributed by atoms with Crippen molar-refractivity contribution < 1.29 is 8.78 Å². The first-order valence-electron chi connectivity index (χ1n) is 4.83. The van der Waals surface area contributed by atoms with E-state index in [1.54, 1.807) is 11.9 Å². The topological polar surface area (TPSA) is 15.3 Å². The van der Waals surface area contributed by atoms with Gasteiger partial charge in [0.2, 0.25) is 0 Å². The van der Waals surface area contributed by atoms with Gasteiger partial charge in [-0.1, -0.05) is 0 Å². The van der Waals surface area contributed by atoms with E-state index in [2.05, 4.69) is 5.32 Å². The standard InChI is InChI=1S/C9H16F2N2/c1-13-5-3-8(2-4-12-6-8)9(10,11)7-13/h12H,2-7H2,1H3. The molecule has 4 heteroatoms. The van der Waals surface area contributed by atoms with E-state index in [1.165, 1.54) is 0 Å². The molecule has 1 N–H and O–H groups in total. The summed E-state index contributed by atoms with van der Waals surface area (Å²) >= 11 is 0. The number of nitrogens with one attached hydrogen (secondary N) is 1. The van der Waals surface area contributed by atoms with E-state index >= 15 is 0 Å². The summed E-state index contributed by atoms with van der Waals surface area (Å²) in [6.07, 6.45) is 1.26. The molecule has 2 nitrogen and oxygen atoms in total. The minimum atomic E-state index is -2.51. The van der Waals surface area contributed by atoms with Crippen LogP contribution in [0.3, 0.4) is 0 Å². The fourth-order valence-electron chi connectivity index (χ4n) is 2.44. The summed E-state index contributed by atoms with van der Waals surface area (Å²) < 4.78 is 27.5. The van der Waals surface area contributed by atoms with Gasteiger partial charge in [-0.2, -0.15) is 0 Å². The van der Waals surface area contributed by atoms with Gasteiger partial charge in [-0.05, 0) is 33.0 Å². The average Bonchev–Trinajstić information content (AvgIpc) is 2.47. The van der Waals surface area contributed by atoms with Crippen LogP contribution in [0, 0.1) is 5.41 Å². The van der Waals surface area contributed by atoms with Crippen molar-refractivity contribution in [1.82, 2.24) is 10.2 Å². The zero-order valence-electron chi connectivity index (χ0n) is 7.95. The quantitative estimate of drug-likeness (QED) is 0.611. The van der Waals surface area contributed by atoms with Crippen molar-refractivity contribution in [3.05, 3.63) is 0 Å². The van der Waals surface area contributed by atoms with Gasteiger partial charge in [0.25, 0.3) is 5.92 Å². The van der Waals surface area contributed by atoms with Crippen LogP contribution < -0.4 is 5.32 Å². The third-order valence-electron chi connectivity index (χ3n) is 3.46. The summed E-state index contributed by atoms with van der Waals surface area (Å²) in [4.78, 5) is 1.73. The second kappa shape index (κ2) is 2.89. The Morgan fingerprint density at radius 1 is 1.31 bits per heavy atom. The Bertz CT molecular complexity index is 200. The van der Waals surface area contributed by atoms with E-state index in [0.717, 1.165) is 13.1 Å². The molecule has 0 aromatic heterocycles. The summed E-state index contributed by atoms with van der Waals surface area (Å²) in [6, 6.07) is 0. The maximum absolute atomic E-state index is 13.7. The van der Waals surface area contributed by atoms with Crippen LogP contribution in [-0.2, 0) is 0 Å². The van der Waals surface area contributed by atoms with Crippen LogP contribution in [0.1, 0.15) is 12.8 Å². The molecule has 2 saturated heterocycles. The van der Waals surface area contributed by atoms with E-state index < -0.39 is 11.3 Å². The summed E-state index contributed by atoms with van der Waals surface area (Å²) in [6.45, 7) is 1.97. The fourth-order valence-corrected chi connectivity index (χ4v) is 2.44. The number of piperidine rings is 1. The lowest BCUT2D eigenvalue weighted by atomic mass is 9.75. The third kappa shape index (κ3) is 1.36. The van der Waals surface area contributed by atoms with Crippen LogP contribution in [0.25, 0.3) is 0 Å². The lowest BCUT2D eigenvalue weighted by Gasteiger charge is -2.44. The molecular weight excluding hydrogens is 174 g/mol. The number of likely N-dealkylation sites (tertiary alicyclic amines) is 1. The number of hydrogen-bond acceptors (Lipinski definition) is 2. The number of nitrogens with zero attached hydrogens (tertiary/aromatic N) is 1. The Balaban J connectivity index is 2.18. The highest BCUT2D eigenvalue weighted by molar-refractivity contribution is 5.02. The van der Waals surface area contributed by atoms with Crippen molar-refractivity contribution in [3.8, 4) is 0 Å². The van der Waals surface area contributed by atoms with Crippen molar-refractivity contribution in [2.75, 3.05) is 33.2 Å². The van der Waals surface area contributed by atoms with E-state index in [1.807, 2.05) is 0 Å². The molecule has 2 heterocycles. The molecule has 0 aliphatic carbocycles. The summed E-state index contributed by atoms with van der Waals surface area (Å²) in [5.41, 5.74) is -0.737. The predicted molar refractivity (Wildman–Crippen MR) is 47.0 cm³/mol. The van der Waals surface area contributed by atoms with Crippen molar-refractivity contribution in [3.63, 3.8) is 0 Å².